The molecule has 128 valence electrons. The number of carbonyl (C=O) groups excluding carboxylic acids is 1. The molecule has 2 rings (SSSR count). The smallest absolute Gasteiger partial charge is 0.323 e. The van der Waals surface area contributed by atoms with Crippen LogP contribution in [-0.4, -0.2) is 49.4 Å². The number of aliphatic hydroxyl groups excluding tert-OH is 1. The van der Waals surface area contributed by atoms with Crippen LogP contribution in [0, 0.1) is 0 Å². The highest BCUT2D eigenvalue weighted by Gasteiger charge is 2.07. The Morgan fingerprint density at radius 1 is 1.04 bits per heavy atom. The number of anilines is 2. The molecule has 0 aromatic heterocycles. The Hall–Kier alpha value is -2.57. The van der Waals surface area contributed by atoms with Crippen molar-refractivity contribution in [2.45, 2.75) is 6.10 Å². The van der Waals surface area contributed by atoms with Gasteiger partial charge in [0.05, 0.1) is 0 Å². The molecule has 6 nitrogen and oxygen atoms in total. The normalized spacial score (nSPS) is 11.8. The first-order valence-corrected chi connectivity index (χ1v) is 7.71. The van der Waals surface area contributed by atoms with Crippen LogP contribution < -0.4 is 15.4 Å². The average Bonchev–Trinajstić information content (AvgIpc) is 2.54. The minimum atomic E-state index is -0.547. The van der Waals surface area contributed by atoms with Crippen molar-refractivity contribution in [3.8, 4) is 5.75 Å². The van der Waals surface area contributed by atoms with E-state index in [0.717, 1.165) is 5.69 Å². The lowest BCUT2D eigenvalue weighted by Crippen LogP contribution is -2.30. The van der Waals surface area contributed by atoms with E-state index in [4.69, 9.17) is 4.74 Å². The number of ether oxygens (including phenoxy) is 1. The molecule has 2 amide bonds. The van der Waals surface area contributed by atoms with Gasteiger partial charge < -0.3 is 25.4 Å². The summed E-state index contributed by atoms with van der Waals surface area (Å²) in [6, 6.07) is 15.9. The summed E-state index contributed by atoms with van der Waals surface area (Å²) in [5.74, 6) is 0.641. The number of aliphatic hydroxyl groups is 1. The molecule has 3 N–H and O–H groups in total. The van der Waals surface area contributed by atoms with Crippen LogP contribution >= 0.6 is 0 Å². The van der Waals surface area contributed by atoms with Crippen LogP contribution in [0.4, 0.5) is 16.2 Å². The van der Waals surface area contributed by atoms with Crippen molar-refractivity contribution in [3.63, 3.8) is 0 Å². The highest BCUT2D eigenvalue weighted by Crippen LogP contribution is 2.16. The van der Waals surface area contributed by atoms with Gasteiger partial charge in [0.2, 0.25) is 0 Å². The van der Waals surface area contributed by atoms with E-state index in [9.17, 15) is 9.90 Å². The van der Waals surface area contributed by atoms with E-state index in [1.54, 1.807) is 24.3 Å². The molecule has 0 bridgehead atoms. The van der Waals surface area contributed by atoms with Gasteiger partial charge in [-0.2, -0.15) is 0 Å². The number of urea groups is 1. The molecule has 0 saturated carbocycles. The van der Waals surface area contributed by atoms with E-state index in [2.05, 4.69) is 10.6 Å². The summed E-state index contributed by atoms with van der Waals surface area (Å²) < 4.78 is 5.52. The van der Waals surface area contributed by atoms with Crippen LogP contribution in [0.3, 0.4) is 0 Å². The fraction of sp³-hybridized carbons (Fsp3) is 0.278. The van der Waals surface area contributed by atoms with Gasteiger partial charge in [-0.1, -0.05) is 18.2 Å². The molecule has 0 aliphatic heterocycles. The topological polar surface area (TPSA) is 73.8 Å². The molecule has 24 heavy (non-hydrogen) atoms. The van der Waals surface area contributed by atoms with Crippen LogP contribution in [0.15, 0.2) is 54.6 Å². The van der Waals surface area contributed by atoms with Gasteiger partial charge in [0.1, 0.15) is 18.5 Å². The summed E-state index contributed by atoms with van der Waals surface area (Å²) in [5, 5.41) is 15.3. The second kappa shape index (κ2) is 8.90. The average molecular weight is 329 g/mol. The number of benzene rings is 2. The Balaban J connectivity index is 1.80. The molecular formula is C18H23N3O3. The second-order valence-corrected chi connectivity index (χ2v) is 5.70. The lowest BCUT2D eigenvalue weighted by molar-refractivity contribution is 0.0831. The third-order valence-corrected chi connectivity index (χ3v) is 3.16. The maximum Gasteiger partial charge on any atom is 0.323 e. The first kappa shape index (κ1) is 17.8. The summed E-state index contributed by atoms with van der Waals surface area (Å²) in [6.07, 6.45) is -0.547. The Labute approximate surface area is 142 Å². The number of nitrogens with one attached hydrogen (secondary N) is 2. The third-order valence-electron chi connectivity index (χ3n) is 3.16. The van der Waals surface area contributed by atoms with E-state index >= 15 is 0 Å². The maximum atomic E-state index is 11.9. The van der Waals surface area contributed by atoms with E-state index in [1.807, 2.05) is 49.3 Å². The molecule has 2 aromatic carbocycles. The van der Waals surface area contributed by atoms with Gasteiger partial charge in [-0.3, -0.25) is 0 Å². The molecule has 0 aliphatic rings. The Morgan fingerprint density at radius 3 is 2.21 bits per heavy atom. The summed E-state index contributed by atoms with van der Waals surface area (Å²) >= 11 is 0. The molecule has 0 saturated heterocycles. The molecule has 0 radical (unpaired) electrons. The van der Waals surface area contributed by atoms with Crippen molar-refractivity contribution in [1.82, 2.24) is 4.90 Å². The van der Waals surface area contributed by atoms with Crippen molar-refractivity contribution in [1.29, 1.82) is 0 Å². The SMILES string of the molecule is CN(C)CC(O)COc1ccc(NC(=O)Nc2ccccc2)cc1. The van der Waals surface area contributed by atoms with Gasteiger partial charge in [-0.25, -0.2) is 4.79 Å². The highest BCUT2D eigenvalue weighted by molar-refractivity contribution is 5.99. The number of hydrogen-bond acceptors (Lipinski definition) is 4. The summed E-state index contributed by atoms with van der Waals surface area (Å²) in [5.41, 5.74) is 1.38. The van der Waals surface area contributed by atoms with Crippen molar-refractivity contribution >= 4 is 17.4 Å². The number of likely N-dealkylation sites (N-methyl/N-ethyl adjacent to an activating group) is 1. The van der Waals surface area contributed by atoms with Crippen LogP contribution in [0.25, 0.3) is 0 Å². The molecule has 1 unspecified atom stereocenters. The van der Waals surface area contributed by atoms with Gasteiger partial charge in [0, 0.05) is 17.9 Å². The molecule has 2 aromatic rings. The quantitative estimate of drug-likeness (QED) is 0.730. The highest BCUT2D eigenvalue weighted by atomic mass is 16.5. The number of carbonyl (C=O) groups is 1. The molecular weight excluding hydrogens is 306 g/mol. The van der Waals surface area contributed by atoms with Crippen LogP contribution in [0.2, 0.25) is 0 Å². The molecule has 0 aliphatic carbocycles. The van der Waals surface area contributed by atoms with Crippen molar-refractivity contribution < 1.29 is 14.6 Å². The summed E-state index contributed by atoms with van der Waals surface area (Å²) in [7, 11) is 3.79. The first-order valence-electron chi connectivity index (χ1n) is 7.71. The van der Waals surface area contributed by atoms with Gasteiger partial charge in [-0.05, 0) is 50.5 Å². The number of amides is 2. The number of hydrogen-bond donors (Lipinski definition) is 3. The minimum Gasteiger partial charge on any atom is -0.491 e. The number of nitrogens with zero attached hydrogens (tertiary/aromatic N) is 1. The predicted octanol–water partition coefficient (Wildman–Crippen LogP) is 2.63. The summed E-state index contributed by atoms with van der Waals surface area (Å²) in [6.45, 7) is 0.763. The fourth-order valence-corrected chi connectivity index (χ4v) is 2.12. The zero-order chi connectivity index (χ0) is 17.4. The lowest BCUT2D eigenvalue weighted by Gasteiger charge is -2.16. The molecule has 1 atom stereocenters. The summed E-state index contributed by atoms with van der Waals surface area (Å²) in [4.78, 5) is 13.8. The standard InChI is InChI=1S/C18H23N3O3/c1-21(2)12-16(22)13-24-17-10-8-15(9-11-17)20-18(23)19-14-6-4-3-5-7-14/h3-11,16,22H,12-13H2,1-2H3,(H2,19,20,23). The Morgan fingerprint density at radius 2 is 1.62 bits per heavy atom. The number of rotatable bonds is 7. The largest absolute Gasteiger partial charge is 0.491 e. The number of para-hydroxylation sites is 1. The van der Waals surface area contributed by atoms with Gasteiger partial charge in [0.25, 0.3) is 0 Å². The van der Waals surface area contributed by atoms with Crippen LogP contribution in [0.5, 0.6) is 5.75 Å². The third kappa shape index (κ3) is 6.28. The zero-order valence-corrected chi connectivity index (χ0v) is 13.9. The lowest BCUT2D eigenvalue weighted by atomic mass is 10.3. The predicted molar refractivity (Wildman–Crippen MR) is 95.6 cm³/mol. The Bertz CT molecular complexity index is 630. The Kier molecular flexibility index (Phi) is 6.60. The maximum absolute atomic E-state index is 11.9. The van der Waals surface area contributed by atoms with Crippen LogP contribution in [0.1, 0.15) is 0 Å². The molecule has 0 spiro atoms. The molecule has 6 heteroatoms. The van der Waals surface area contributed by atoms with Gasteiger partial charge >= 0.3 is 6.03 Å². The minimum absolute atomic E-state index is 0.222. The van der Waals surface area contributed by atoms with Gasteiger partial charge in [0.15, 0.2) is 0 Å². The van der Waals surface area contributed by atoms with Crippen molar-refractivity contribution in [3.05, 3.63) is 54.6 Å². The van der Waals surface area contributed by atoms with E-state index in [-0.39, 0.29) is 12.6 Å². The van der Waals surface area contributed by atoms with E-state index in [0.29, 0.717) is 18.0 Å². The van der Waals surface area contributed by atoms with Crippen LogP contribution in [-0.2, 0) is 0 Å². The zero-order valence-electron chi connectivity index (χ0n) is 13.9. The van der Waals surface area contributed by atoms with Crippen molar-refractivity contribution in [2.75, 3.05) is 37.9 Å². The van der Waals surface area contributed by atoms with E-state index < -0.39 is 6.10 Å². The van der Waals surface area contributed by atoms with E-state index in [1.165, 1.54) is 0 Å². The molecule has 0 heterocycles. The molecule has 0 fully saturated rings. The fourth-order valence-electron chi connectivity index (χ4n) is 2.12. The monoisotopic (exact) mass is 329 g/mol. The van der Waals surface area contributed by atoms with Crippen molar-refractivity contribution in [2.24, 2.45) is 0 Å². The van der Waals surface area contributed by atoms with Gasteiger partial charge in [-0.15, -0.1) is 0 Å². The first-order chi connectivity index (χ1) is 11.5. The second-order valence-electron chi connectivity index (χ2n) is 5.70.